The first-order chi connectivity index (χ1) is 28.0. The Kier molecular flexibility index (Phi) is 17.5. The molecule has 3 heterocycles. The summed E-state index contributed by atoms with van der Waals surface area (Å²) in [5.41, 5.74) is 14.0. The lowest BCUT2D eigenvalue weighted by atomic mass is 9.86. The lowest BCUT2D eigenvalue weighted by Gasteiger charge is -2.35. The summed E-state index contributed by atoms with van der Waals surface area (Å²) in [5.74, 6) is 0. The number of non-ortho nitro benzene ring substituents is 2. The number of benzene rings is 3. The van der Waals surface area contributed by atoms with Crippen molar-refractivity contribution < 1.29 is 42.0 Å². The molecule has 0 unspecified atom stereocenters. The van der Waals surface area contributed by atoms with E-state index in [2.05, 4.69) is 11.4 Å². The second-order valence-corrected chi connectivity index (χ2v) is 16.6. The topological polar surface area (TPSA) is 131 Å². The van der Waals surface area contributed by atoms with Crippen molar-refractivity contribution in [2.75, 3.05) is 50.0 Å². The Morgan fingerprint density at radius 2 is 1.10 bits per heavy atom. The van der Waals surface area contributed by atoms with Crippen molar-refractivity contribution in [1.29, 1.82) is 0 Å². The third-order valence-corrected chi connectivity index (χ3v) is 12.2. The smallest absolute Gasteiger partial charge is 0.269 e. The molecule has 0 amide bonds. The Labute approximate surface area is 362 Å². The molecule has 9 rings (SSSR count). The van der Waals surface area contributed by atoms with Crippen LogP contribution in [0.15, 0.2) is 54.6 Å². The lowest BCUT2D eigenvalue weighted by Crippen LogP contribution is -2.40. The Morgan fingerprint density at radius 1 is 0.717 bits per heavy atom. The minimum atomic E-state index is -2.36. The predicted molar refractivity (Wildman–Crippen MR) is 229 cm³/mol. The molecule has 0 bridgehead atoms. The van der Waals surface area contributed by atoms with Crippen LogP contribution in [0.5, 0.6) is 0 Å². The minimum absolute atomic E-state index is 0. The monoisotopic (exact) mass is 969 g/mol. The maximum absolute atomic E-state index is 12.5. The van der Waals surface area contributed by atoms with Crippen LogP contribution in [0, 0.1) is 20.2 Å². The summed E-state index contributed by atoms with van der Waals surface area (Å²) in [7, 11) is -1.00. The fraction of sp³-hybridized carbons (Fsp3) is 0.571. The highest BCUT2D eigenvalue weighted by Gasteiger charge is 2.50. The molecule has 3 aliphatic heterocycles. The predicted octanol–water partition coefficient (Wildman–Crippen LogP) is 10.4. The van der Waals surface area contributed by atoms with Crippen molar-refractivity contribution in [1.82, 2.24) is 15.1 Å². The molecule has 3 N–H and O–H groups in total. The maximum Gasteiger partial charge on any atom is 0.269 e. The van der Waals surface area contributed by atoms with Crippen molar-refractivity contribution in [3.05, 3.63) is 108 Å². The number of nitrogens with one attached hydrogen (secondary N) is 1. The summed E-state index contributed by atoms with van der Waals surface area (Å²) < 4.78 is 87.0. The highest BCUT2D eigenvalue weighted by atomic mass is 127. The van der Waals surface area contributed by atoms with Crippen LogP contribution in [0.2, 0.25) is 0 Å². The number of fused-ring (bicyclic) bond motifs is 6. The third kappa shape index (κ3) is 12.5. The summed E-state index contributed by atoms with van der Waals surface area (Å²) in [6.45, 7) is 3.79. The molecule has 18 heteroatoms. The van der Waals surface area contributed by atoms with Crippen LogP contribution < -0.4 is 11.1 Å². The normalized spacial score (nSPS) is 19.1. The van der Waals surface area contributed by atoms with Gasteiger partial charge in [0.25, 0.3) is 24.2 Å². The zero-order valence-corrected chi connectivity index (χ0v) is 33.9. The van der Waals surface area contributed by atoms with E-state index in [1.54, 1.807) is 45.7 Å². The molecule has 0 aromatic heterocycles. The molecule has 3 aromatic rings. The van der Waals surface area contributed by atoms with E-state index in [4.69, 9.17) is 7.10 Å². The maximum atomic E-state index is 12.5. The van der Waals surface area contributed by atoms with E-state index >= 15 is 0 Å². The van der Waals surface area contributed by atoms with Gasteiger partial charge in [-0.05, 0) is 84.0 Å². The van der Waals surface area contributed by atoms with Gasteiger partial charge in [0.1, 0.15) is 0 Å². The Bertz CT molecular complexity index is 1940. The van der Waals surface area contributed by atoms with Crippen LogP contribution >= 0.6 is 22.6 Å². The van der Waals surface area contributed by atoms with Crippen LogP contribution in [-0.2, 0) is 35.9 Å². The number of nitro groups is 2. The number of nitrogens with two attached hydrogens (primary N) is 1. The summed E-state index contributed by atoms with van der Waals surface area (Å²) in [6, 6.07) is 16.1. The highest BCUT2D eigenvalue weighted by Crippen LogP contribution is 2.54. The molecule has 0 atom stereocenters. The summed E-state index contributed by atoms with van der Waals surface area (Å²) in [4.78, 5) is 24.3. The van der Waals surface area contributed by atoms with Gasteiger partial charge < -0.3 is 11.1 Å². The molecule has 3 aromatic carbocycles. The quantitative estimate of drug-likeness (QED) is 0.0598. The Balaban J connectivity index is 0.000000222. The number of rotatable bonds is 7. The van der Waals surface area contributed by atoms with E-state index < -0.39 is 31.4 Å². The third-order valence-electron chi connectivity index (χ3n) is 11.5. The number of anilines is 1. The van der Waals surface area contributed by atoms with Gasteiger partial charge in [-0.25, -0.2) is 26.3 Å². The van der Waals surface area contributed by atoms with Crippen LogP contribution in [0.4, 0.5) is 47.8 Å². The minimum Gasteiger partial charge on any atom is -0.399 e. The lowest BCUT2D eigenvalue weighted by molar-refractivity contribution is -0.385. The van der Waals surface area contributed by atoms with Crippen molar-refractivity contribution in [2.45, 2.75) is 109 Å². The zero-order chi connectivity index (χ0) is 43.1. The van der Waals surface area contributed by atoms with E-state index in [-0.39, 0.29) is 59.5 Å². The van der Waals surface area contributed by atoms with Gasteiger partial charge in [0.2, 0.25) is 6.43 Å². The standard InChI is InChI=1S/C13H14F2N2O2.C13H16F2N2.C11H12N2O2.C2H3F2I.CH3F.2CH4/c14-12(15)7-16-6-9-5-10(17(18)19)1-2-11(9)13(8-16)3-4-13;14-12(15)7-17-6-9-5-10(16)1-2-11(9)13(8-17)3-4-13;14-13(15)9-1-2-10-8(5-9)6-12-7-11(10)3-4-11;3-2(4)1-5;1-2;;/h1-2,5,12H,3-4,6-8H2;1-2,5,12H,3-4,6-8,16H2;1-2,5,12H,3-4,6-7H2;2H,1H2;1H3;2*1H4/i;;;;1D;;. The average Bonchev–Trinajstić information content (AvgIpc) is 4.11. The molecule has 3 aliphatic carbocycles. The van der Waals surface area contributed by atoms with Gasteiger partial charge in [-0.15, -0.1) is 0 Å². The van der Waals surface area contributed by atoms with Crippen molar-refractivity contribution >= 4 is 39.7 Å². The first-order valence-corrected chi connectivity index (χ1v) is 20.4. The first kappa shape index (κ1) is 49.0. The highest BCUT2D eigenvalue weighted by molar-refractivity contribution is 14.1. The van der Waals surface area contributed by atoms with Crippen molar-refractivity contribution in [2.24, 2.45) is 0 Å². The number of hydrogen-bond donors (Lipinski definition) is 2. The fourth-order valence-electron chi connectivity index (χ4n) is 8.51. The summed E-state index contributed by atoms with van der Waals surface area (Å²) >= 11 is 1.63. The Morgan fingerprint density at radius 3 is 1.48 bits per heavy atom. The molecule has 60 heavy (non-hydrogen) atoms. The second-order valence-electron chi connectivity index (χ2n) is 15.7. The number of nitro benzene ring substituents is 2. The van der Waals surface area contributed by atoms with Crippen LogP contribution in [0.3, 0.4) is 0 Å². The second kappa shape index (κ2) is 21.4. The van der Waals surface area contributed by atoms with Gasteiger partial charge >= 0.3 is 0 Å². The van der Waals surface area contributed by atoms with Gasteiger partial charge in [-0.1, -0.05) is 55.6 Å². The molecule has 3 saturated carbocycles. The number of halogens is 8. The van der Waals surface area contributed by atoms with Gasteiger partial charge in [0.05, 0.1) is 35.9 Å². The molecular weight excluding hydrogens is 912 g/mol. The Hall–Kier alpha value is -3.62. The molecule has 10 nitrogen and oxygen atoms in total. The van der Waals surface area contributed by atoms with Crippen molar-refractivity contribution in [3.63, 3.8) is 0 Å². The molecule has 334 valence electrons. The van der Waals surface area contributed by atoms with Crippen LogP contribution in [-0.4, -0.2) is 83.2 Å². The summed E-state index contributed by atoms with van der Waals surface area (Å²) in [6.07, 6.45) is -0.127. The fourth-order valence-corrected chi connectivity index (χ4v) is 8.51. The van der Waals surface area contributed by atoms with E-state index in [1.807, 2.05) is 23.1 Å². The number of nitrogen functional groups attached to an aromatic ring is 1. The molecule has 3 fully saturated rings. The van der Waals surface area contributed by atoms with E-state index in [0.717, 1.165) is 73.3 Å². The van der Waals surface area contributed by atoms with E-state index in [9.17, 15) is 51.0 Å². The first-order valence-electron chi connectivity index (χ1n) is 19.6. The van der Waals surface area contributed by atoms with Gasteiger partial charge in [-0.3, -0.25) is 34.4 Å². The van der Waals surface area contributed by atoms with Gasteiger partial charge in [0.15, 0.2) is 0 Å². The SMILES string of the molecule is C.C.FC(F)CI.Nc1ccc2c(c1)CN(CC(F)F)CC21CC1.O=[N+]([O-])c1ccc2c(c1)CN(CC(F)F)CC21CC1.O=[N+]([O-])c1ccc2c(c1)CNCC21CC1.[2H]CF. The van der Waals surface area contributed by atoms with Gasteiger partial charge in [-0.2, -0.15) is 0 Å². The van der Waals surface area contributed by atoms with Crippen LogP contribution in [0.1, 0.15) is 88.1 Å². The summed E-state index contributed by atoms with van der Waals surface area (Å²) in [5, 5.41) is 24.8. The molecule has 0 saturated heterocycles. The number of hydrogen-bond acceptors (Lipinski definition) is 8. The zero-order valence-electron chi connectivity index (χ0n) is 32.8. The van der Waals surface area contributed by atoms with Crippen LogP contribution in [0.25, 0.3) is 0 Å². The van der Waals surface area contributed by atoms with E-state index in [1.165, 1.54) is 36.1 Å². The average molecular weight is 970 g/mol. The van der Waals surface area contributed by atoms with Crippen molar-refractivity contribution in [3.8, 4) is 0 Å². The van der Waals surface area contributed by atoms with Gasteiger partial charge in [0, 0.05) is 85.5 Å². The number of alkyl halides is 8. The largest absolute Gasteiger partial charge is 0.399 e. The van der Waals surface area contributed by atoms with E-state index in [0.29, 0.717) is 25.0 Å². The molecule has 3 spiro atoms. The number of nitrogens with zero attached hydrogens (tertiary/aromatic N) is 4. The molecule has 6 aliphatic rings. The molecular formula is C42H56F7IN6O4. The molecule has 0 radical (unpaired) electrons.